The number of aliphatic hydroxyl groups is 3. The Morgan fingerprint density at radius 1 is 0.893 bits per heavy atom. The number of ether oxygens (including phenoxy) is 2. The van der Waals surface area contributed by atoms with Crippen LogP contribution in [0.4, 0.5) is 0 Å². The van der Waals surface area contributed by atoms with Gasteiger partial charge in [0.2, 0.25) is 0 Å². The second-order valence-electron chi connectivity index (χ2n) is 9.42. The third-order valence-corrected chi connectivity index (χ3v) is 5.37. The van der Waals surface area contributed by atoms with E-state index in [1.54, 1.807) is 0 Å². The van der Waals surface area contributed by atoms with Crippen LogP contribution in [0.3, 0.4) is 0 Å². The number of aliphatic hydroxyl groups excluding tert-OH is 1. The van der Waals surface area contributed by atoms with Gasteiger partial charge in [-0.25, -0.2) is 0 Å². The molecule has 1 aliphatic heterocycles. The number of carbonyl (C=O) groups excluding carboxylic acids is 1. The summed E-state index contributed by atoms with van der Waals surface area (Å²) in [5, 5.41) is 28.0. The van der Waals surface area contributed by atoms with E-state index in [9.17, 15) is 15.0 Å². The van der Waals surface area contributed by atoms with E-state index < -0.39 is 16.8 Å². The molecule has 1 saturated heterocycles. The predicted octanol–water partition coefficient (Wildman–Crippen LogP) is 3.49. The topological polar surface area (TPSA) is 96.2 Å². The van der Waals surface area contributed by atoms with Gasteiger partial charge in [0.1, 0.15) is 5.60 Å². The Kier molecular flexibility index (Phi) is 11.0. The Labute approximate surface area is 170 Å². The zero-order chi connectivity index (χ0) is 21.1. The maximum atomic E-state index is 11.4. The van der Waals surface area contributed by atoms with Gasteiger partial charge in [0, 0.05) is 19.8 Å². The molecular formula is C22H42O6. The second-order valence-corrected chi connectivity index (χ2v) is 9.42. The first-order valence-electron chi connectivity index (χ1n) is 10.9. The average molecular weight is 403 g/mol. The van der Waals surface area contributed by atoms with E-state index in [0.29, 0.717) is 6.42 Å². The molecule has 1 heterocycles. The molecular weight excluding hydrogens is 360 g/mol. The van der Waals surface area contributed by atoms with Crippen molar-refractivity contribution in [2.75, 3.05) is 19.8 Å². The van der Waals surface area contributed by atoms with Gasteiger partial charge in [-0.1, -0.05) is 25.7 Å². The average Bonchev–Trinajstić information content (AvgIpc) is 3.30. The van der Waals surface area contributed by atoms with Gasteiger partial charge in [-0.3, -0.25) is 4.79 Å². The molecule has 0 aromatic rings. The van der Waals surface area contributed by atoms with Gasteiger partial charge in [0.05, 0.1) is 17.6 Å². The second kappa shape index (κ2) is 12.1. The molecule has 2 aliphatic carbocycles. The van der Waals surface area contributed by atoms with Gasteiger partial charge in [-0.2, -0.15) is 0 Å². The summed E-state index contributed by atoms with van der Waals surface area (Å²) in [6.45, 7) is 7.63. The van der Waals surface area contributed by atoms with E-state index in [4.69, 9.17) is 14.6 Å². The number of carbonyl (C=O) groups is 1. The van der Waals surface area contributed by atoms with Crippen molar-refractivity contribution in [1.29, 1.82) is 0 Å². The molecule has 3 fully saturated rings. The molecule has 0 bridgehead atoms. The smallest absolute Gasteiger partial charge is 0.309 e. The third kappa shape index (κ3) is 11.3. The van der Waals surface area contributed by atoms with Crippen LogP contribution in [0.25, 0.3) is 0 Å². The van der Waals surface area contributed by atoms with Crippen molar-refractivity contribution in [3.05, 3.63) is 0 Å². The first-order valence-corrected chi connectivity index (χ1v) is 10.9. The minimum Gasteiger partial charge on any atom is -0.460 e. The highest BCUT2D eigenvalue weighted by molar-refractivity contribution is 5.71. The van der Waals surface area contributed by atoms with Gasteiger partial charge in [0.15, 0.2) is 0 Å². The van der Waals surface area contributed by atoms with Crippen LogP contribution in [-0.4, -0.2) is 57.9 Å². The van der Waals surface area contributed by atoms with Crippen LogP contribution in [-0.2, 0) is 14.3 Å². The van der Waals surface area contributed by atoms with Crippen molar-refractivity contribution in [3.8, 4) is 0 Å². The number of rotatable bonds is 4. The Bertz CT molecular complexity index is 419. The lowest BCUT2D eigenvalue weighted by Gasteiger charge is -2.25. The summed E-state index contributed by atoms with van der Waals surface area (Å²) in [5.41, 5.74) is -1.75. The maximum Gasteiger partial charge on any atom is 0.309 e. The van der Waals surface area contributed by atoms with E-state index in [0.717, 1.165) is 64.6 Å². The standard InChI is InChI=1S/C11H20O3.C7H14O2.C4H8O/c1-10(2,3)14-9(12)8-11(13)6-4-5-7-11;8-6-5-7(9)3-1-2-4-7;1-2-4-5-3-1/h13H,4-8H2,1-3H3;8-9H,1-6H2;1-4H2. The summed E-state index contributed by atoms with van der Waals surface area (Å²) in [6, 6.07) is 0. The molecule has 6 heteroatoms. The van der Waals surface area contributed by atoms with Crippen molar-refractivity contribution in [1.82, 2.24) is 0 Å². The summed E-state index contributed by atoms with van der Waals surface area (Å²) in [7, 11) is 0. The van der Waals surface area contributed by atoms with E-state index in [-0.39, 0.29) is 19.0 Å². The molecule has 3 aliphatic rings. The molecule has 6 nitrogen and oxygen atoms in total. The van der Waals surface area contributed by atoms with E-state index >= 15 is 0 Å². The molecule has 166 valence electrons. The number of esters is 1. The summed E-state index contributed by atoms with van der Waals surface area (Å²) < 4.78 is 10.1. The van der Waals surface area contributed by atoms with Crippen molar-refractivity contribution in [3.63, 3.8) is 0 Å². The fourth-order valence-electron chi connectivity index (χ4n) is 3.86. The van der Waals surface area contributed by atoms with Gasteiger partial charge >= 0.3 is 5.97 Å². The fourth-order valence-corrected chi connectivity index (χ4v) is 3.86. The Morgan fingerprint density at radius 2 is 1.36 bits per heavy atom. The maximum absolute atomic E-state index is 11.4. The molecule has 3 N–H and O–H groups in total. The minimum absolute atomic E-state index is 0.122. The molecule has 0 aromatic heterocycles. The zero-order valence-corrected chi connectivity index (χ0v) is 18.2. The Balaban J connectivity index is 0.000000237. The van der Waals surface area contributed by atoms with Crippen LogP contribution in [0.5, 0.6) is 0 Å². The fraction of sp³-hybridized carbons (Fsp3) is 0.955. The van der Waals surface area contributed by atoms with Crippen molar-refractivity contribution in [2.24, 2.45) is 0 Å². The third-order valence-electron chi connectivity index (χ3n) is 5.37. The van der Waals surface area contributed by atoms with Crippen LogP contribution < -0.4 is 0 Å². The summed E-state index contributed by atoms with van der Waals surface area (Å²) >= 11 is 0. The van der Waals surface area contributed by atoms with E-state index in [2.05, 4.69) is 0 Å². The molecule has 0 aromatic carbocycles. The van der Waals surface area contributed by atoms with Crippen LogP contribution in [0.15, 0.2) is 0 Å². The first kappa shape index (κ1) is 25.3. The van der Waals surface area contributed by atoms with Crippen LogP contribution >= 0.6 is 0 Å². The van der Waals surface area contributed by atoms with E-state index in [1.807, 2.05) is 20.8 Å². The quantitative estimate of drug-likeness (QED) is 0.623. The SMILES string of the molecule is C1CCOC1.CC(C)(C)OC(=O)CC1(O)CCCC1.OCCC1(O)CCCC1. The minimum atomic E-state index is -0.789. The van der Waals surface area contributed by atoms with Crippen molar-refractivity contribution >= 4 is 5.97 Å². The lowest BCUT2D eigenvalue weighted by Crippen LogP contribution is -2.32. The highest BCUT2D eigenvalue weighted by Crippen LogP contribution is 2.33. The van der Waals surface area contributed by atoms with Crippen molar-refractivity contribution < 1.29 is 29.6 Å². The normalized spacial score (nSPS) is 22.6. The van der Waals surface area contributed by atoms with Crippen LogP contribution in [0.2, 0.25) is 0 Å². The zero-order valence-electron chi connectivity index (χ0n) is 18.2. The molecule has 0 spiro atoms. The Hall–Kier alpha value is -0.690. The van der Waals surface area contributed by atoms with Gasteiger partial charge in [-0.15, -0.1) is 0 Å². The first-order chi connectivity index (χ1) is 13.1. The molecule has 0 amide bonds. The highest BCUT2D eigenvalue weighted by Gasteiger charge is 2.35. The Morgan fingerprint density at radius 3 is 1.71 bits per heavy atom. The summed E-state index contributed by atoms with van der Waals surface area (Å²) in [4.78, 5) is 11.4. The summed E-state index contributed by atoms with van der Waals surface area (Å²) in [6.07, 6.45) is 10.8. The monoisotopic (exact) mass is 402 g/mol. The molecule has 28 heavy (non-hydrogen) atoms. The molecule has 3 rings (SSSR count). The summed E-state index contributed by atoms with van der Waals surface area (Å²) in [5.74, 6) is -0.290. The molecule has 0 radical (unpaired) electrons. The lowest BCUT2D eigenvalue weighted by molar-refractivity contribution is -0.160. The molecule has 0 atom stereocenters. The largest absolute Gasteiger partial charge is 0.460 e. The predicted molar refractivity (Wildman–Crippen MR) is 109 cm³/mol. The number of hydrogen-bond donors (Lipinski definition) is 3. The van der Waals surface area contributed by atoms with Crippen LogP contribution in [0, 0.1) is 0 Å². The highest BCUT2D eigenvalue weighted by atomic mass is 16.6. The molecule has 0 unspecified atom stereocenters. The lowest BCUT2D eigenvalue weighted by atomic mass is 9.98. The van der Waals surface area contributed by atoms with Crippen LogP contribution in [0.1, 0.15) is 97.8 Å². The molecule has 2 saturated carbocycles. The van der Waals surface area contributed by atoms with E-state index in [1.165, 1.54) is 12.8 Å². The number of hydrogen-bond acceptors (Lipinski definition) is 6. The van der Waals surface area contributed by atoms with Crippen molar-refractivity contribution in [2.45, 2.75) is 115 Å². The van der Waals surface area contributed by atoms with Gasteiger partial charge in [0.25, 0.3) is 0 Å². The van der Waals surface area contributed by atoms with Gasteiger partial charge in [-0.05, 0) is 65.7 Å². The van der Waals surface area contributed by atoms with Gasteiger partial charge < -0.3 is 24.8 Å².